The lowest BCUT2D eigenvalue weighted by atomic mass is 10.1. The Morgan fingerprint density at radius 1 is 1.13 bits per heavy atom. The fourth-order valence-electron chi connectivity index (χ4n) is 2.53. The van der Waals surface area contributed by atoms with Crippen LogP contribution in [0, 0.1) is 0 Å². The van der Waals surface area contributed by atoms with E-state index in [2.05, 4.69) is 4.98 Å². The van der Waals surface area contributed by atoms with Gasteiger partial charge in [0.1, 0.15) is 5.75 Å². The van der Waals surface area contributed by atoms with Gasteiger partial charge >= 0.3 is 0 Å². The van der Waals surface area contributed by atoms with Crippen molar-refractivity contribution in [3.05, 3.63) is 71.9 Å². The average Bonchev–Trinajstić information content (AvgIpc) is 2.59. The molecule has 0 bridgehead atoms. The van der Waals surface area contributed by atoms with E-state index in [-0.39, 0.29) is 17.2 Å². The fourth-order valence-corrected chi connectivity index (χ4v) is 2.53. The van der Waals surface area contributed by atoms with Crippen molar-refractivity contribution in [2.75, 3.05) is 13.6 Å². The first kappa shape index (κ1) is 15.0. The van der Waals surface area contributed by atoms with Gasteiger partial charge in [-0.2, -0.15) is 0 Å². The predicted octanol–water partition coefficient (Wildman–Crippen LogP) is 3.26. The molecule has 0 saturated carbocycles. The molecule has 1 aromatic heterocycles. The van der Waals surface area contributed by atoms with Gasteiger partial charge in [0, 0.05) is 25.2 Å². The number of hydrogen-bond acceptors (Lipinski definition) is 3. The first-order valence-electron chi connectivity index (χ1n) is 7.52. The van der Waals surface area contributed by atoms with Gasteiger partial charge in [0.05, 0.1) is 11.1 Å². The number of amides is 1. The Morgan fingerprint density at radius 2 is 1.91 bits per heavy atom. The molecule has 0 unspecified atom stereocenters. The quantitative estimate of drug-likeness (QED) is 0.805. The van der Waals surface area contributed by atoms with E-state index in [4.69, 9.17) is 0 Å². The number of pyridine rings is 1. The molecular weight excluding hydrogens is 288 g/mol. The van der Waals surface area contributed by atoms with Crippen LogP contribution < -0.4 is 0 Å². The van der Waals surface area contributed by atoms with Gasteiger partial charge in [-0.05, 0) is 30.2 Å². The Hall–Kier alpha value is -2.88. The summed E-state index contributed by atoms with van der Waals surface area (Å²) in [6.07, 6.45) is 2.45. The van der Waals surface area contributed by atoms with E-state index in [9.17, 15) is 9.90 Å². The monoisotopic (exact) mass is 306 g/mol. The van der Waals surface area contributed by atoms with Gasteiger partial charge < -0.3 is 10.0 Å². The van der Waals surface area contributed by atoms with Crippen molar-refractivity contribution in [3.63, 3.8) is 0 Å². The number of aromatic nitrogens is 1. The second-order valence-corrected chi connectivity index (χ2v) is 5.53. The molecule has 4 nitrogen and oxygen atoms in total. The van der Waals surface area contributed by atoms with Crippen LogP contribution in [0.25, 0.3) is 10.9 Å². The fraction of sp³-hybridized carbons (Fsp3) is 0.158. The highest BCUT2D eigenvalue weighted by Crippen LogP contribution is 2.24. The SMILES string of the molecule is CN(CCc1ccccc1)C(=O)c1cc2ncccc2cc1O. The zero-order chi connectivity index (χ0) is 16.2. The number of rotatable bonds is 4. The number of aromatic hydroxyl groups is 1. The Bertz CT molecular complexity index is 831. The molecule has 0 spiro atoms. The number of nitrogens with zero attached hydrogens (tertiary/aromatic N) is 2. The molecule has 0 radical (unpaired) electrons. The van der Waals surface area contributed by atoms with Crippen LogP contribution >= 0.6 is 0 Å². The third-order valence-corrected chi connectivity index (χ3v) is 3.88. The molecular formula is C19H18N2O2. The highest BCUT2D eigenvalue weighted by Gasteiger charge is 2.17. The number of fused-ring (bicyclic) bond motifs is 1. The van der Waals surface area contributed by atoms with Crippen molar-refractivity contribution in [2.24, 2.45) is 0 Å². The Morgan fingerprint density at radius 3 is 2.70 bits per heavy atom. The lowest BCUT2D eigenvalue weighted by Gasteiger charge is -2.18. The number of carbonyl (C=O) groups excluding carboxylic acids is 1. The summed E-state index contributed by atoms with van der Waals surface area (Å²) in [6, 6.07) is 16.9. The highest BCUT2D eigenvalue weighted by molar-refractivity contribution is 6.00. The summed E-state index contributed by atoms with van der Waals surface area (Å²) in [6.45, 7) is 0.586. The molecule has 1 amide bonds. The van der Waals surface area contributed by atoms with Gasteiger partial charge in [0.25, 0.3) is 5.91 Å². The van der Waals surface area contributed by atoms with Crippen LogP contribution in [-0.4, -0.2) is 34.5 Å². The maximum atomic E-state index is 12.6. The summed E-state index contributed by atoms with van der Waals surface area (Å²) in [5, 5.41) is 11.0. The van der Waals surface area contributed by atoms with E-state index in [0.29, 0.717) is 12.1 Å². The summed E-state index contributed by atoms with van der Waals surface area (Å²) in [7, 11) is 1.74. The normalized spacial score (nSPS) is 10.7. The first-order chi connectivity index (χ1) is 11.1. The zero-order valence-corrected chi connectivity index (χ0v) is 12.9. The predicted molar refractivity (Wildman–Crippen MR) is 90.5 cm³/mol. The van der Waals surface area contributed by atoms with Crippen LogP contribution in [0.2, 0.25) is 0 Å². The van der Waals surface area contributed by atoms with Crippen molar-refractivity contribution in [3.8, 4) is 5.75 Å². The molecule has 0 aliphatic carbocycles. The van der Waals surface area contributed by atoms with Crippen molar-refractivity contribution < 1.29 is 9.90 Å². The lowest BCUT2D eigenvalue weighted by Crippen LogP contribution is -2.28. The second kappa shape index (κ2) is 6.48. The molecule has 0 saturated heterocycles. The van der Waals surface area contributed by atoms with Gasteiger partial charge in [0.15, 0.2) is 0 Å². The number of phenols is 1. The number of likely N-dealkylation sites (N-methyl/N-ethyl adjacent to an activating group) is 1. The van der Waals surface area contributed by atoms with E-state index >= 15 is 0 Å². The molecule has 23 heavy (non-hydrogen) atoms. The Kier molecular flexibility index (Phi) is 4.24. The van der Waals surface area contributed by atoms with Crippen LogP contribution in [0.1, 0.15) is 15.9 Å². The molecule has 0 fully saturated rings. The zero-order valence-electron chi connectivity index (χ0n) is 12.9. The van der Waals surface area contributed by atoms with Gasteiger partial charge in [-0.1, -0.05) is 36.4 Å². The Balaban J connectivity index is 1.78. The first-order valence-corrected chi connectivity index (χ1v) is 7.52. The van der Waals surface area contributed by atoms with Crippen molar-refractivity contribution in [2.45, 2.75) is 6.42 Å². The van der Waals surface area contributed by atoms with E-state index in [1.807, 2.05) is 36.4 Å². The van der Waals surface area contributed by atoms with E-state index in [1.165, 1.54) is 5.56 Å². The van der Waals surface area contributed by atoms with Gasteiger partial charge in [0.2, 0.25) is 0 Å². The van der Waals surface area contributed by atoms with Gasteiger partial charge in [-0.3, -0.25) is 9.78 Å². The average molecular weight is 306 g/mol. The molecule has 3 aromatic rings. The van der Waals surface area contributed by atoms with E-state index in [0.717, 1.165) is 11.8 Å². The van der Waals surface area contributed by atoms with Gasteiger partial charge in [-0.15, -0.1) is 0 Å². The van der Waals surface area contributed by atoms with Crippen molar-refractivity contribution >= 4 is 16.8 Å². The summed E-state index contributed by atoms with van der Waals surface area (Å²) < 4.78 is 0. The van der Waals surface area contributed by atoms with Crippen LogP contribution in [0.3, 0.4) is 0 Å². The topological polar surface area (TPSA) is 53.4 Å². The van der Waals surface area contributed by atoms with Crippen LogP contribution in [0.15, 0.2) is 60.8 Å². The summed E-state index contributed by atoms with van der Waals surface area (Å²) in [4.78, 5) is 18.4. The molecule has 0 atom stereocenters. The minimum Gasteiger partial charge on any atom is -0.507 e. The highest BCUT2D eigenvalue weighted by atomic mass is 16.3. The van der Waals surface area contributed by atoms with E-state index in [1.54, 1.807) is 36.3 Å². The maximum Gasteiger partial charge on any atom is 0.257 e. The molecule has 116 valence electrons. The molecule has 3 rings (SSSR count). The number of phenolic OH excluding ortho intramolecular Hbond substituents is 1. The third-order valence-electron chi connectivity index (χ3n) is 3.88. The van der Waals surface area contributed by atoms with Crippen LogP contribution in [-0.2, 0) is 6.42 Å². The van der Waals surface area contributed by atoms with Crippen molar-refractivity contribution in [1.29, 1.82) is 0 Å². The second-order valence-electron chi connectivity index (χ2n) is 5.53. The standard InChI is InChI=1S/C19H18N2O2/c1-21(11-9-14-6-3-2-4-7-14)19(23)16-13-17-15(12-18(16)22)8-5-10-20-17/h2-8,10,12-13,22H,9,11H2,1H3. The molecule has 0 aliphatic heterocycles. The molecule has 1 N–H and O–H groups in total. The van der Waals surface area contributed by atoms with Crippen LogP contribution in [0.5, 0.6) is 5.75 Å². The molecule has 4 heteroatoms. The number of hydrogen-bond donors (Lipinski definition) is 1. The molecule has 2 aromatic carbocycles. The smallest absolute Gasteiger partial charge is 0.257 e. The number of carbonyl (C=O) groups is 1. The molecule has 0 aliphatic rings. The maximum absolute atomic E-state index is 12.6. The third kappa shape index (κ3) is 3.31. The summed E-state index contributed by atoms with van der Waals surface area (Å²) in [5.41, 5.74) is 2.16. The van der Waals surface area contributed by atoms with Gasteiger partial charge in [-0.25, -0.2) is 0 Å². The number of benzene rings is 2. The summed E-state index contributed by atoms with van der Waals surface area (Å²) in [5.74, 6) is -0.215. The van der Waals surface area contributed by atoms with E-state index < -0.39 is 0 Å². The largest absolute Gasteiger partial charge is 0.507 e. The summed E-state index contributed by atoms with van der Waals surface area (Å²) >= 11 is 0. The molecule has 1 heterocycles. The minimum atomic E-state index is -0.203. The lowest BCUT2D eigenvalue weighted by molar-refractivity contribution is 0.0794. The van der Waals surface area contributed by atoms with Crippen molar-refractivity contribution in [1.82, 2.24) is 9.88 Å². The van der Waals surface area contributed by atoms with Crippen LogP contribution in [0.4, 0.5) is 0 Å². The Labute approximate surface area is 135 Å². The minimum absolute atomic E-state index is 0.0120.